The summed E-state index contributed by atoms with van der Waals surface area (Å²) in [5.41, 5.74) is 13.9. The van der Waals surface area contributed by atoms with Crippen LogP contribution in [0.3, 0.4) is 0 Å². The highest BCUT2D eigenvalue weighted by Crippen LogP contribution is 2.32. The van der Waals surface area contributed by atoms with Crippen LogP contribution in [0, 0.1) is 0 Å². The number of benzene rings is 6. The molecule has 4 nitrogen and oxygen atoms in total. The maximum absolute atomic E-state index is 5.19. The Labute approximate surface area is 300 Å². The van der Waals surface area contributed by atoms with E-state index in [9.17, 15) is 0 Å². The Morgan fingerprint density at radius 2 is 0.596 bits per heavy atom. The van der Waals surface area contributed by atoms with Gasteiger partial charge >= 0.3 is 0 Å². The zero-order valence-electron chi connectivity index (χ0n) is 28.1. The van der Waals surface area contributed by atoms with Gasteiger partial charge in [0.2, 0.25) is 0 Å². The van der Waals surface area contributed by atoms with E-state index in [4.69, 9.17) is 19.9 Å². The summed E-state index contributed by atoms with van der Waals surface area (Å²) < 4.78 is 0. The van der Waals surface area contributed by atoms with Gasteiger partial charge in [-0.3, -0.25) is 0 Å². The standard InChI is InChI=1S/C48H30N4/c1-3-8-31(9-4-1)41-24-20-33-14-18-37(29-45(33)49-41)38-19-15-34-21-25-43(50-46(34)30-38)39-12-7-13-40(28-39)44-27-23-36-17-16-35-22-26-42(32-10-5-2-6-11-32)51-47(35)48(36)52-44/h1-30H. The highest BCUT2D eigenvalue weighted by atomic mass is 14.8. The van der Waals surface area contributed by atoms with Crippen LogP contribution in [0.5, 0.6) is 0 Å². The number of nitrogens with zero attached hydrogens (tertiary/aromatic N) is 4. The third-order valence-corrected chi connectivity index (χ3v) is 9.83. The van der Waals surface area contributed by atoms with Gasteiger partial charge in [0.25, 0.3) is 0 Å². The Kier molecular flexibility index (Phi) is 7.10. The molecule has 0 N–H and O–H groups in total. The minimum Gasteiger partial charge on any atom is -0.248 e. The molecule has 4 heteroatoms. The summed E-state index contributed by atoms with van der Waals surface area (Å²) in [5.74, 6) is 0. The summed E-state index contributed by atoms with van der Waals surface area (Å²) in [4.78, 5) is 20.5. The molecule has 0 saturated heterocycles. The summed E-state index contributed by atoms with van der Waals surface area (Å²) in [6.07, 6.45) is 0. The molecule has 0 aliphatic rings. The Balaban J connectivity index is 1.00. The van der Waals surface area contributed by atoms with Crippen LogP contribution in [0.4, 0.5) is 0 Å². The quantitative estimate of drug-likeness (QED) is 0.172. The third kappa shape index (κ3) is 5.44. The molecule has 0 saturated carbocycles. The number of pyridine rings is 4. The van der Waals surface area contributed by atoms with Crippen LogP contribution in [0.25, 0.3) is 99.8 Å². The first-order valence-corrected chi connectivity index (χ1v) is 17.5. The van der Waals surface area contributed by atoms with Crippen LogP contribution in [0.1, 0.15) is 0 Å². The second-order valence-electron chi connectivity index (χ2n) is 13.1. The van der Waals surface area contributed by atoms with Crippen LogP contribution in [-0.2, 0) is 0 Å². The molecule has 4 aromatic heterocycles. The van der Waals surface area contributed by atoms with Crippen LogP contribution in [0.2, 0.25) is 0 Å². The minimum atomic E-state index is 0.898. The van der Waals surface area contributed by atoms with E-state index < -0.39 is 0 Å². The van der Waals surface area contributed by atoms with Crippen LogP contribution < -0.4 is 0 Å². The summed E-state index contributed by atoms with van der Waals surface area (Å²) in [6.45, 7) is 0. The van der Waals surface area contributed by atoms with Gasteiger partial charge < -0.3 is 0 Å². The smallest absolute Gasteiger partial charge is 0.0972 e. The van der Waals surface area contributed by atoms with Gasteiger partial charge in [-0.1, -0.05) is 140 Å². The summed E-state index contributed by atoms with van der Waals surface area (Å²) in [6, 6.07) is 63.3. The van der Waals surface area contributed by atoms with Crippen molar-refractivity contribution in [1.29, 1.82) is 0 Å². The van der Waals surface area contributed by atoms with E-state index in [0.717, 1.165) is 99.8 Å². The number of fused-ring (bicyclic) bond motifs is 5. The molecule has 0 bridgehead atoms. The molecule has 0 atom stereocenters. The predicted octanol–water partition coefficient (Wildman–Crippen LogP) is 12.2. The van der Waals surface area contributed by atoms with Gasteiger partial charge in [-0.2, -0.15) is 0 Å². The van der Waals surface area contributed by atoms with Gasteiger partial charge in [-0.15, -0.1) is 0 Å². The van der Waals surface area contributed by atoms with Gasteiger partial charge in [0.1, 0.15) is 0 Å². The molecule has 0 unspecified atom stereocenters. The first-order valence-electron chi connectivity index (χ1n) is 17.5. The third-order valence-electron chi connectivity index (χ3n) is 9.83. The van der Waals surface area contributed by atoms with Crippen molar-refractivity contribution in [1.82, 2.24) is 19.9 Å². The lowest BCUT2D eigenvalue weighted by molar-refractivity contribution is 1.36. The van der Waals surface area contributed by atoms with Gasteiger partial charge in [0, 0.05) is 43.8 Å². The molecule has 0 fully saturated rings. The van der Waals surface area contributed by atoms with E-state index in [2.05, 4.69) is 146 Å². The van der Waals surface area contributed by atoms with Crippen molar-refractivity contribution in [3.05, 3.63) is 182 Å². The summed E-state index contributed by atoms with van der Waals surface area (Å²) in [5, 5.41) is 4.35. The zero-order chi connectivity index (χ0) is 34.4. The largest absolute Gasteiger partial charge is 0.248 e. The molecular weight excluding hydrogens is 633 g/mol. The zero-order valence-corrected chi connectivity index (χ0v) is 28.1. The summed E-state index contributed by atoms with van der Waals surface area (Å²) >= 11 is 0. The monoisotopic (exact) mass is 662 g/mol. The van der Waals surface area contributed by atoms with Crippen molar-refractivity contribution in [3.8, 4) is 56.2 Å². The van der Waals surface area contributed by atoms with E-state index in [-0.39, 0.29) is 0 Å². The molecule has 6 aromatic carbocycles. The second kappa shape index (κ2) is 12.4. The topological polar surface area (TPSA) is 51.6 Å². The molecule has 0 amide bonds. The number of hydrogen-bond acceptors (Lipinski definition) is 4. The average Bonchev–Trinajstić information content (AvgIpc) is 3.23. The SMILES string of the molecule is c1ccc(-c2ccc3ccc(-c4ccc5ccc(-c6cccc(-c7ccc8ccc9ccc(-c%10ccccc%10)nc9c8n7)c6)nc5c4)cc3n2)cc1. The fraction of sp³-hybridized carbons (Fsp3) is 0. The van der Waals surface area contributed by atoms with Crippen molar-refractivity contribution in [2.24, 2.45) is 0 Å². The number of aromatic nitrogens is 4. The maximum Gasteiger partial charge on any atom is 0.0972 e. The Hall–Kier alpha value is -7.04. The molecule has 0 aliphatic heterocycles. The Morgan fingerprint density at radius 1 is 0.231 bits per heavy atom. The van der Waals surface area contributed by atoms with E-state index >= 15 is 0 Å². The molecule has 10 rings (SSSR count). The van der Waals surface area contributed by atoms with Gasteiger partial charge in [-0.05, 0) is 53.6 Å². The number of hydrogen-bond donors (Lipinski definition) is 0. The van der Waals surface area contributed by atoms with Gasteiger partial charge in [-0.25, -0.2) is 19.9 Å². The fourth-order valence-corrected chi connectivity index (χ4v) is 7.06. The van der Waals surface area contributed by atoms with Crippen molar-refractivity contribution in [2.45, 2.75) is 0 Å². The van der Waals surface area contributed by atoms with Crippen LogP contribution in [0.15, 0.2) is 182 Å². The average molecular weight is 663 g/mol. The highest BCUT2D eigenvalue weighted by molar-refractivity contribution is 6.04. The second-order valence-corrected chi connectivity index (χ2v) is 13.1. The highest BCUT2D eigenvalue weighted by Gasteiger charge is 2.11. The Bertz CT molecular complexity index is 2960. The molecule has 0 aliphatic carbocycles. The first-order chi connectivity index (χ1) is 25.7. The lowest BCUT2D eigenvalue weighted by Gasteiger charge is -2.10. The summed E-state index contributed by atoms with van der Waals surface area (Å²) in [7, 11) is 0. The van der Waals surface area contributed by atoms with E-state index in [0.29, 0.717) is 0 Å². The van der Waals surface area contributed by atoms with Crippen molar-refractivity contribution < 1.29 is 0 Å². The van der Waals surface area contributed by atoms with Gasteiger partial charge in [0.05, 0.1) is 44.8 Å². The van der Waals surface area contributed by atoms with Crippen molar-refractivity contribution >= 4 is 43.6 Å². The Morgan fingerprint density at radius 3 is 1.10 bits per heavy atom. The van der Waals surface area contributed by atoms with Crippen molar-refractivity contribution in [3.63, 3.8) is 0 Å². The lowest BCUT2D eigenvalue weighted by Crippen LogP contribution is -1.92. The van der Waals surface area contributed by atoms with E-state index in [1.165, 1.54) is 0 Å². The molecule has 0 radical (unpaired) electrons. The van der Waals surface area contributed by atoms with Crippen LogP contribution >= 0.6 is 0 Å². The lowest BCUT2D eigenvalue weighted by atomic mass is 10.0. The van der Waals surface area contributed by atoms with E-state index in [1.54, 1.807) is 0 Å². The maximum atomic E-state index is 5.19. The molecule has 4 heterocycles. The van der Waals surface area contributed by atoms with Gasteiger partial charge in [0.15, 0.2) is 0 Å². The molecule has 242 valence electrons. The first kappa shape index (κ1) is 29.8. The van der Waals surface area contributed by atoms with Crippen LogP contribution in [-0.4, -0.2) is 19.9 Å². The predicted molar refractivity (Wildman–Crippen MR) is 215 cm³/mol. The molecule has 52 heavy (non-hydrogen) atoms. The van der Waals surface area contributed by atoms with Crippen molar-refractivity contribution in [2.75, 3.05) is 0 Å². The molecular formula is C48H30N4. The van der Waals surface area contributed by atoms with E-state index in [1.807, 2.05) is 36.4 Å². The molecule has 10 aromatic rings. The molecule has 0 spiro atoms. The minimum absolute atomic E-state index is 0.898. The number of rotatable bonds is 5. The normalized spacial score (nSPS) is 11.5. The fourth-order valence-electron chi connectivity index (χ4n) is 7.06.